The van der Waals surface area contributed by atoms with Crippen LogP contribution in [0.5, 0.6) is 5.75 Å². The van der Waals surface area contributed by atoms with Crippen molar-refractivity contribution in [3.63, 3.8) is 0 Å². The van der Waals surface area contributed by atoms with E-state index in [9.17, 15) is 0 Å². The van der Waals surface area contributed by atoms with Crippen LogP contribution in [0.2, 0.25) is 0 Å². The molecule has 0 radical (unpaired) electrons. The summed E-state index contributed by atoms with van der Waals surface area (Å²) in [5.41, 5.74) is 16.0. The smallest absolute Gasteiger partial charge is 0.246 e. The van der Waals surface area contributed by atoms with E-state index >= 15 is 0 Å². The van der Waals surface area contributed by atoms with E-state index in [-0.39, 0.29) is 0 Å². The molecule has 4 N–H and O–H groups in total. The molecule has 4 rings (SSSR count). The molecule has 3 aromatic carbocycles. The Kier molecular flexibility index (Phi) is 6.63. The Bertz CT molecular complexity index is 1280. The van der Waals surface area contributed by atoms with E-state index in [1.54, 1.807) is 0 Å². The van der Waals surface area contributed by atoms with Gasteiger partial charge in [0.2, 0.25) is 5.84 Å². The minimum atomic E-state index is 0.371. The van der Waals surface area contributed by atoms with Crippen LogP contribution >= 0.6 is 0 Å². The number of amidine groups is 1. The van der Waals surface area contributed by atoms with Gasteiger partial charge in [0.25, 0.3) is 0 Å². The molecule has 1 aromatic heterocycles. The highest BCUT2D eigenvalue weighted by Crippen LogP contribution is 2.18. The van der Waals surface area contributed by atoms with Crippen molar-refractivity contribution in [3.8, 4) is 5.75 Å². The van der Waals surface area contributed by atoms with Crippen LogP contribution in [0.4, 0.5) is 0 Å². The summed E-state index contributed by atoms with van der Waals surface area (Å²) in [6.07, 6.45) is 4.59. The maximum atomic E-state index is 5.91. The van der Waals surface area contributed by atoms with Gasteiger partial charge in [-0.25, -0.2) is 4.98 Å². The van der Waals surface area contributed by atoms with Crippen molar-refractivity contribution < 1.29 is 10.3 Å². The largest absolute Gasteiger partial charge is 0.487 e. The molecule has 0 fully saturated rings. The average Bonchev–Trinajstić information content (AvgIpc) is 2.83. The Morgan fingerprint density at radius 2 is 1.69 bits per heavy atom. The van der Waals surface area contributed by atoms with Gasteiger partial charge in [-0.3, -0.25) is 0 Å². The lowest BCUT2D eigenvalue weighted by molar-refractivity contribution is -0.221. The third-order valence-electron chi connectivity index (χ3n) is 4.99. The van der Waals surface area contributed by atoms with E-state index in [1.807, 2.05) is 78.9 Å². The first-order valence-electron chi connectivity index (χ1n) is 10.3. The van der Waals surface area contributed by atoms with Crippen LogP contribution in [-0.4, -0.2) is 10.8 Å². The van der Waals surface area contributed by atoms with E-state index in [0.29, 0.717) is 18.9 Å². The predicted molar refractivity (Wildman–Crippen MR) is 128 cm³/mol. The summed E-state index contributed by atoms with van der Waals surface area (Å²) in [5, 5.41) is 8.06. The first-order valence-corrected chi connectivity index (χ1v) is 10.3. The first kappa shape index (κ1) is 20.9. The highest BCUT2D eigenvalue weighted by molar-refractivity contribution is 5.84. The normalized spacial score (nSPS) is 11.7. The van der Waals surface area contributed by atoms with Crippen LogP contribution in [0.1, 0.15) is 22.4 Å². The van der Waals surface area contributed by atoms with E-state index in [4.69, 9.17) is 16.0 Å². The molecule has 0 atom stereocenters. The molecule has 0 unspecified atom stereocenters. The molecule has 0 aliphatic rings. The Morgan fingerprint density at radius 3 is 2.53 bits per heavy atom. The van der Waals surface area contributed by atoms with Gasteiger partial charge in [-0.2, -0.15) is 5.53 Å². The lowest BCUT2D eigenvalue weighted by atomic mass is 10.0. The summed E-state index contributed by atoms with van der Waals surface area (Å²) in [5.74, 6) is 1.17. The van der Waals surface area contributed by atoms with Gasteiger partial charge in [-0.15, -0.1) is 0 Å². The summed E-state index contributed by atoms with van der Waals surface area (Å²) < 4.78 is 5.91. The second-order valence-corrected chi connectivity index (χ2v) is 7.27. The fourth-order valence-corrected chi connectivity index (χ4v) is 3.37. The summed E-state index contributed by atoms with van der Waals surface area (Å²) in [6, 6.07) is 28.1. The van der Waals surface area contributed by atoms with Crippen LogP contribution in [0.3, 0.4) is 0 Å². The molecule has 6 nitrogen and oxygen atoms in total. The number of para-hydroxylation sites is 1. The maximum Gasteiger partial charge on any atom is 0.246 e. The van der Waals surface area contributed by atoms with Crippen molar-refractivity contribution >= 4 is 28.9 Å². The van der Waals surface area contributed by atoms with Gasteiger partial charge in [0.1, 0.15) is 17.6 Å². The molecule has 4 aromatic rings. The number of pyridine rings is 1. The van der Waals surface area contributed by atoms with Gasteiger partial charge in [0, 0.05) is 5.39 Å². The monoisotopic (exact) mass is 422 g/mol. The molecule has 0 saturated heterocycles. The minimum Gasteiger partial charge on any atom is -0.487 e. The highest BCUT2D eigenvalue weighted by atomic mass is 16.5. The Labute approximate surface area is 186 Å². The van der Waals surface area contributed by atoms with Gasteiger partial charge >= 0.3 is 0 Å². The number of nitrogens with zero attached hydrogens (tertiary/aromatic N) is 3. The second-order valence-electron chi connectivity index (χ2n) is 7.27. The zero-order valence-corrected chi connectivity index (χ0v) is 17.6. The van der Waals surface area contributed by atoms with Crippen LogP contribution in [0.15, 0.2) is 95.3 Å². The van der Waals surface area contributed by atoms with Crippen molar-refractivity contribution in [1.82, 2.24) is 4.98 Å². The van der Waals surface area contributed by atoms with Crippen molar-refractivity contribution in [2.75, 3.05) is 0 Å². The number of rotatable bonds is 8. The van der Waals surface area contributed by atoms with Crippen molar-refractivity contribution in [3.05, 3.63) is 107 Å². The number of hydrogen-bond acceptors (Lipinski definition) is 3. The van der Waals surface area contributed by atoms with E-state index < -0.39 is 0 Å². The molecular formula is C26H24N5O+. The standard InChI is InChI=1S/C26H23N5O/c27-26(30-31-28)17-22-7-2-1-5-20(22)12-9-19-10-15-24(16-11-19)32-18-23-14-13-21-6-3-4-8-25(21)29-23/h1-16H,17-18H2,(H3,27,28,30)/p+1/b12-9+. The Morgan fingerprint density at radius 1 is 0.906 bits per heavy atom. The molecular weight excluding hydrogens is 398 g/mol. The lowest BCUT2D eigenvalue weighted by Gasteiger charge is -2.07. The minimum absolute atomic E-state index is 0.371. The Hall–Kier alpha value is -4.32. The molecule has 0 spiro atoms. The molecule has 32 heavy (non-hydrogen) atoms. The molecule has 158 valence electrons. The zero-order chi connectivity index (χ0) is 22.2. The summed E-state index contributed by atoms with van der Waals surface area (Å²) >= 11 is 0. The number of fused-ring (bicyclic) bond motifs is 1. The number of ether oxygens (including phenoxy) is 1. The maximum absolute atomic E-state index is 5.91. The average molecular weight is 423 g/mol. The van der Waals surface area contributed by atoms with Crippen LogP contribution in [0.25, 0.3) is 23.1 Å². The third kappa shape index (κ3) is 5.43. The fourth-order valence-electron chi connectivity index (χ4n) is 3.37. The number of aromatic nitrogens is 1. The van der Waals surface area contributed by atoms with Crippen LogP contribution in [-0.2, 0) is 13.0 Å². The van der Waals surface area contributed by atoms with E-state index in [2.05, 4.69) is 33.5 Å². The predicted octanol–water partition coefficient (Wildman–Crippen LogP) is 4.01. The summed E-state index contributed by atoms with van der Waals surface area (Å²) in [6.45, 7) is 0.422. The molecule has 0 aliphatic heterocycles. The van der Waals surface area contributed by atoms with Crippen molar-refractivity contribution in [2.45, 2.75) is 13.0 Å². The van der Waals surface area contributed by atoms with Gasteiger partial charge < -0.3 is 10.5 Å². The highest BCUT2D eigenvalue weighted by Gasteiger charge is 2.05. The van der Waals surface area contributed by atoms with E-state index in [1.165, 1.54) is 0 Å². The molecule has 0 aliphatic carbocycles. The summed E-state index contributed by atoms with van der Waals surface area (Å²) in [7, 11) is 0. The third-order valence-corrected chi connectivity index (χ3v) is 4.99. The molecule has 0 saturated carbocycles. The molecule has 0 bridgehead atoms. The van der Waals surface area contributed by atoms with Crippen molar-refractivity contribution in [1.29, 1.82) is 0 Å². The summed E-state index contributed by atoms with van der Waals surface area (Å²) in [4.78, 5) is 4.64. The SMILES string of the molecule is N/C(Cc1ccccc1/C=C/c1ccc(OCc2ccc3ccccc3n2)cc1)=N\N=[NH2+]. The number of benzene rings is 3. The lowest BCUT2D eigenvalue weighted by Crippen LogP contribution is -2.24. The van der Waals surface area contributed by atoms with Gasteiger partial charge in [0.05, 0.1) is 22.7 Å². The van der Waals surface area contributed by atoms with Gasteiger partial charge in [-0.1, -0.05) is 72.8 Å². The Balaban J connectivity index is 1.40. The number of nitrogens with two attached hydrogens (primary N) is 2. The van der Waals surface area contributed by atoms with Crippen LogP contribution < -0.4 is 16.0 Å². The second kappa shape index (κ2) is 10.1. The van der Waals surface area contributed by atoms with Crippen molar-refractivity contribution in [2.24, 2.45) is 16.1 Å². The van der Waals surface area contributed by atoms with E-state index in [0.717, 1.165) is 39.0 Å². The quantitative estimate of drug-likeness (QED) is 0.148. The fraction of sp³-hybridized carbons (Fsp3) is 0.0769. The van der Waals surface area contributed by atoms with Gasteiger partial charge in [-0.05, 0) is 41.0 Å². The molecule has 6 heteroatoms. The first-order chi connectivity index (χ1) is 15.7. The van der Waals surface area contributed by atoms with Crippen LogP contribution in [0, 0.1) is 0 Å². The molecule has 0 amide bonds. The number of hydrogen-bond donors (Lipinski definition) is 2. The zero-order valence-electron chi connectivity index (χ0n) is 17.6. The topological polar surface area (TPSA) is 98.5 Å². The molecule has 1 heterocycles. The van der Waals surface area contributed by atoms with Gasteiger partial charge in [0.15, 0.2) is 0 Å².